The normalized spacial score (nSPS) is 11.0. The van der Waals surface area contributed by atoms with Crippen molar-refractivity contribution in [2.45, 2.75) is 51.7 Å². The molecule has 8 heteroatoms. The van der Waals surface area contributed by atoms with Crippen molar-refractivity contribution in [1.82, 2.24) is 10.9 Å². The molecular formula is C36H38N4O4. The molecule has 0 radical (unpaired) electrons. The first-order valence-corrected chi connectivity index (χ1v) is 14.8. The van der Waals surface area contributed by atoms with E-state index in [1.54, 1.807) is 12.4 Å². The van der Waals surface area contributed by atoms with Crippen LogP contribution in [0.5, 0.6) is 11.5 Å². The van der Waals surface area contributed by atoms with Gasteiger partial charge in [0.05, 0.1) is 12.4 Å². The van der Waals surface area contributed by atoms with Gasteiger partial charge in [0.25, 0.3) is 0 Å². The van der Waals surface area contributed by atoms with E-state index >= 15 is 0 Å². The van der Waals surface area contributed by atoms with Crippen LogP contribution in [0.1, 0.15) is 60.8 Å². The van der Waals surface area contributed by atoms with Gasteiger partial charge in [-0.2, -0.15) is 10.2 Å². The molecule has 0 heterocycles. The fourth-order valence-electron chi connectivity index (χ4n) is 4.29. The molecule has 0 unspecified atom stereocenters. The van der Waals surface area contributed by atoms with Crippen LogP contribution in [0.2, 0.25) is 0 Å². The number of benzene rings is 4. The van der Waals surface area contributed by atoms with Crippen molar-refractivity contribution in [3.05, 3.63) is 131 Å². The minimum absolute atomic E-state index is 0.149. The molecule has 2 amide bonds. The maximum Gasteiger partial charge on any atom is 0.240 e. The smallest absolute Gasteiger partial charge is 0.240 e. The van der Waals surface area contributed by atoms with Gasteiger partial charge in [-0.15, -0.1) is 0 Å². The number of ether oxygens (including phenoxy) is 2. The highest BCUT2D eigenvalue weighted by Gasteiger charge is 2.05. The van der Waals surface area contributed by atoms with Gasteiger partial charge in [-0.25, -0.2) is 10.9 Å². The highest BCUT2D eigenvalue weighted by Crippen LogP contribution is 2.19. The lowest BCUT2D eigenvalue weighted by atomic mass is 10.1. The molecule has 0 bridgehead atoms. The summed E-state index contributed by atoms with van der Waals surface area (Å²) in [7, 11) is 0. The molecular weight excluding hydrogens is 552 g/mol. The Morgan fingerprint density at radius 3 is 1.34 bits per heavy atom. The highest BCUT2D eigenvalue weighted by molar-refractivity contribution is 5.86. The topological polar surface area (TPSA) is 101 Å². The number of nitrogens with zero attached hydrogens (tertiary/aromatic N) is 2. The molecule has 4 rings (SSSR count). The molecule has 8 nitrogen and oxygen atoms in total. The standard InChI is InChI=1S/C36H38N4O4/c41-35(39-37-25-31-19-11-13-21-33(31)43-27-29-15-5-3-6-16-29)23-9-1-2-10-24-36(42)40-38-26-32-20-12-14-22-34(32)44-28-30-17-7-4-8-18-30/h3-8,11-22,25-26H,1-2,9-10,23-24,27-28H2,(H,39,41)(H,40,42). The SMILES string of the molecule is O=C(CCCCCCC(=O)NN=Cc1ccccc1OCc1ccccc1)NN=Cc1ccccc1OCc1ccccc1. The minimum atomic E-state index is -0.149. The van der Waals surface area contributed by atoms with Gasteiger partial charge in [0.15, 0.2) is 0 Å². The molecule has 226 valence electrons. The zero-order valence-corrected chi connectivity index (χ0v) is 24.7. The molecule has 0 aliphatic heterocycles. The van der Waals surface area contributed by atoms with Gasteiger partial charge in [0, 0.05) is 24.0 Å². The summed E-state index contributed by atoms with van der Waals surface area (Å²) in [4.78, 5) is 24.4. The molecule has 44 heavy (non-hydrogen) atoms. The third kappa shape index (κ3) is 11.6. The first kappa shape index (κ1) is 31.7. The van der Waals surface area contributed by atoms with Crippen LogP contribution < -0.4 is 20.3 Å². The number of para-hydroxylation sites is 2. The molecule has 0 atom stereocenters. The molecule has 0 spiro atoms. The number of hydrazone groups is 2. The predicted octanol–water partition coefficient (Wildman–Crippen LogP) is 6.79. The van der Waals surface area contributed by atoms with Crippen LogP contribution in [0.3, 0.4) is 0 Å². The number of rotatable bonds is 17. The third-order valence-electron chi connectivity index (χ3n) is 6.66. The van der Waals surface area contributed by atoms with Crippen LogP contribution in [0.25, 0.3) is 0 Å². The second-order valence-corrected chi connectivity index (χ2v) is 10.1. The molecule has 4 aromatic carbocycles. The number of hydrogen-bond donors (Lipinski definition) is 2. The van der Waals surface area contributed by atoms with E-state index in [4.69, 9.17) is 9.47 Å². The molecule has 0 aliphatic carbocycles. The number of amides is 2. The lowest BCUT2D eigenvalue weighted by Gasteiger charge is -2.09. The maximum atomic E-state index is 12.2. The summed E-state index contributed by atoms with van der Waals surface area (Å²) >= 11 is 0. The average Bonchev–Trinajstić information content (AvgIpc) is 3.06. The van der Waals surface area contributed by atoms with Crippen molar-refractivity contribution >= 4 is 24.2 Å². The Balaban J connectivity index is 1.07. The lowest BCUT2D eigenvalue weighted by Crippen LogP contribution is -2.17. The van der Waals surface area contributed by atoms with Crippen LogP contribution in [-0.4, -0.2) is 24.2 Å². The second kappa shape index (κ2) is 18.3. The molecule has 2 N–H and O–H groups in total. The first-order valence-electron chi connectivity index (χ1n) is 14.8. The Kier molecular flexibility index (Phi) is 13.2. The Morgan fingerprint density at radius 2 is 0.909 bits per heavy atom. The summed E-state index contributed by atoms with van der Waals surface area (Å²) in [6.45, 7) is 0.902. The first-order chi connectivity index (χ1) is 21.7. The van der Waals surface area contributed by atoms with Crippen LogP contribution in [0.15, 0.2) is 119 Å². The van der Waals surface area contributed by atoms with Crippen molar-refractivity contribution in [1.29, 1.82) is 0 Å². The van der Waals surface area contributed by atoms with Gasteiger partial charge < -0.3 is 9.47 Å². The van der Waals surface area contributed by atoms with E-state index in [9.17, 15) is 9.59 Å². The number of unbranched alkanes of at least 4 members (excludes halogenated alkanes) is 3. The van der Waals surface area contributed by atoms with Crippen LogP contribution in [0, 0.1) is 0 Å². The van der Waals surface area contributed by atoms with E-state index < -0.39 is 0 Å². The summed E-state index contributed by atoms with van der Waals surface area (Å²) < 4.78 is 11.8. The Bertz CT molecular complexity index is 1390. The highest BCUT2D eigenvalue weighted by atomic mass is 16.5. The molecule has 0 saturated carbocycles. The maximum absolute atomic E-state index is 12.2. The predicted molar refractivity (Wildman–Crippen MR) is 174 cm³/mol. The second-order valence-electron chi connectivity index (χ2n) is 10.1. The van der Waals surface area contributed by atoms with E-state index in [0.29, 0.717) is 37.6 Å². The van der Waals surface area contributed by atoms with E-state index in [0.717, 1.165) is 47.9 Å². The zero-order valence-electron chi connectivity index (χ0n) is 24.7. The molecule has 0 aliphatic rings. The van der Waals surface area contributed by atoms with Gasteiger partial charge in [-0.05, 0) is 48.2 Å². The van der Waals surface area contributed by atoms with Crippen molar-refractivity contribution in [3.8, 4) is 11.5 Å². The number of nitrogens with one attached hydrogen (secondary N) is 2. The van der Waals surface area contributed by atoms with E-state index in [-0.39, 0.29) is 11.8 Å². The van der Waals surface area contributed by atoms with Crippen LogP contribution >= 0.6 is 0 Å². The quantitative estimate of drug-likeness (QED) is 0.0804. The number of carbonyl (C=O) groups is 2. The van der Waals surface area contributed by atoms with Gasteiger partial charge >= 0.3 is 0 Å². The summed E-state index contributed by atoms with van der Waals surface area (Å²) in [6, 6.07) is 35.0. The average molecular weight is 591 g/mol. The zero-order chi connectivity index (χ0) is 30.7. The van der Waals surface area contributed by atoms with Gasteiger partial charge in [0.1, 0.15) is 24.7 Å². The Hall–Kier alpha value is -5.24. The molecule has 0 saturated heterocycles. The van der Waals surface area contributed by atoms with Crippen LogP contribution in [-0.2, 0) is 22.8 Å². The fourth-order valence-corrected chi connectivity index (χ4v) is 4.29. The molecule has 4 aromatic rings. The summed E-state index contributed by atoms with van der Waals surface area (Å²) in [5, 5.41) is 8.19. The summed E-state index contributed by atoms with van der Waals surface area (Å²) in [6.07, 6.45) is 7.05. The van der Waals surface area contributed by atoms with Gasteiger partial charge in [-0.3, -0.25) is 9.59 Å². The monoisotopic (exact) mass is 590 g/mol. The van der Waals surface area contributed by atoms with Crippen molar-refractivity contribution < 1.29 is 19.1 Å². The van der Waals surface area contributed by atoms with E-state index in [2.05, 4.69) is 21.1 Å². The molecule has 0 fully saturated rings. The summed E-state index contributed by atoms with van der Waals surface area (Å²) in [5.74, 6) is 1.09. The lowest BCUT2D eigenvalue weighted by molar-refractivity contribution is -0.122. The third-order valence-corrected chi connectivity index (χ3v) is 6.66. The number of hydrogen-bond acceptors (Lipinski definition) is 6. The van der Waals surface area contributed by atoms with Crippen molar-refractivity contribution in [2.24, 2.45) is 10.2 Å². The summed E-state index contributed by atoms with van der Waals surface area (Å²) in [5.41, 5.74) is 8.88. The fraction of sp³-hybridized carbons (Fsp3) is 0.222. The van der Waals surface area contributed by atoms with Gasteiger partial charge in [-0.1, -0.05) is 97.8 Å². The van der Waals surface area contributed by atoms with E-state index in [1.165, 1.54) is 0 Å². The van der Waals surface area contributed by atoms with Crippen LogP contribution in [0.4, 0.5) is 0 Å². The molecule has 0 aromatic heterocycles. The minimum Gasteiger partial charge on any atom is -0.488 e. The van der Waals surface area contributed by atoms with Crippen molar-refractivity contribution in [2.75, 3.05) is 0 Å². The largest absolute Gasteiger partial charge is 0.488 e. The van der Waals surface area contributed by atoms with Crippen molar-refractivity contribution in [3.63, 3.8) is 0 Å². The van der Waals surface area contributed by atoms with Gasteiger partial charge in [0.2, 0.25) is 11.8 Å². The van der Waals surface area contributed by atoms with E-state index in [1.807, 2.05) is 109 Å². The Morgan fingerprint density at radius 1 is 0.523 bits per heavy atom. The number of carbonyl (C=O) groups excluding carboxylic acids is 2. The Labute approximate surface area is 258 Å².